The summed E-state index contributed by atoms with van der Waals surface area (Å²) in [5, 5.41) is 17.0. The van der Waals surface area contributed by atoms with Gasteiger partial charge in [-0.05, 0) is 36.3 Å². The van der Waals surface area contributed by atoms with Crippen molar-refractivity contribution in [2.24, 2.45) is 5.92 Å². The van der Waals surface area contributed by atoms with Crippen molar-refractivity contribution in [2.45, 2.75) is 51.1 Å². The second-order valence-electron chi connectivity index (χ2n) is 6.62. The molecule has 3 nitrogen and oxygen atoms in total. The first-order chi connectivity index (χ1) is 9.72. The lowest BCUT2D eigenvalue weighted by molar-refractivity contribution is 0.0983. The number of aliphatic hydroxyl groups is 1. The monoisotopic (exact) mass is 274 g/mol. The van der Waals surface area contributed by atoms with Crippen molar-refractivity contribution >= 4 is 5.69 Å². The average molecular weight is 274 g/mol. The van der Waals surface area contributed by atoms with E-state index in [1.165, 1.54) is 29.7 Å². The fourth-order valence-corrected chi connectivity index (χ4v) is 3.86. The minimum absolute atomic E-state index is 0.0704. The first-order valence-corrected chi connectivity index (χ1v) is 7.93. The number of nitrogens with one attached hydrogen (secondary N) is 2. The van der Waals surface area contributed by atoms with E-state index in [1.54, 1.807) is 0 Å². The highest BCUT2D eigenvalue weighted by Gasteiger charge is 2.34. The van der Waals surface area contributed by atoms with Gasteiger partial charge >= 0.3 is 0 Å². The molecule has 1 fully saturated rings. The molecule has 1 saturated carbocycles. The number of benzene rings is 1. The molecule has 1 aromatic rings. The Balaban J connectivity index is 1.71. The van der Waals surface area contributed by atoms with Crippen LogP contribution in [-0.4, -0.2) is 23.8 Å². The van der Waals surface area contributed by atoms with Crippen molar-refractivity contribution in [2.75, 3.05) is 18.5 Å². The van der Waals surface area contributed by atoms with Gasteiger partial charge in [-0.25, -0.2) is 0 Å². The summed E-state index contributed by atoms with van der Waals surface area (Å²) >= 11 is 0. The zero-order valence-corrected chi connectivity index (χ0v) is 12.4. The summed E-state index contributed by atoms with van der Waals surface area (Å²) in [6, 6.07) is 6.56. The molecule has 2 atom stereocenters. The molecule has 3 heteroatoms. The zero-order valence-electron chi connectivity index (χ0n) is 12.4. The number of hydrogen-bond donors (Lipinski definition) is 3. The van der Waals surface area contributed by atoms with Crippen molar-refractivity contribution in [1.29, 1.82) is 0 Å². The molecule has 3 N–H and O–H groups in total. The molecule has 2 aliphatic rings. The van der Waals surface area contributed by atoms with Gasteiger partial charge < -0.3 is 15.7 Å². The van der Waals surface area contributed by atoms with E-state index in [2.05, 4.69) is 35.8 Å². The Bertz CT molecular complexity index is 474. The zero-order chi connectivity index (χ0) is 14.0. The van der Waals surface area contributed by atoms with Crippen molar-refractivity contribution < 1.29 is 5.11 Å². The molecule has 0 bridgehead atoms. The van der Waals surface area contributed by atoms with Gasteiger partial charge in [-0.1, -0.05) is 38.0 Å². The van der Waals surface area contributed by atoms with E-state index < -0.39 is 0 Å². The fraction of sp³-hybridized carbons (Fsp3) is 0.647. The van der Waals surface area contributed by atoms with E-state index in [0.717, 1.165) is 32.4 Å². The van der Waals surface area contributed by atoms with Crippen LogP contribution in [0.1, 0.15) is 43.7 Å². The van der Waals surface area contributed by atoms with Crippen molar-refractivity contribution in [3.05, 3.63) is 29.3 Å². The van der Waals surface area contributed by atoms with Gasteiger partial charge in [-0.2, -0.15) is 0 Å². The number of fused-ring (bicyclic) bond motifs is 1. The van der Waals surface area contributed by atoms with Crippen LogP contribution in [0.25, 0.3) is 0 Å². The highest BCUT2D eigenvalue weighted by Crippen LogP contribution is 2.33. The molecule has 0 radical (unpaired) electrons. The molecule has 1 aliphatic heterocycles. The first-order valence-electron chi connectivity index (χ1n) is 7.93. The number of hydrogen-bond acceptors (Lipinski definition) is 3. The summed E-state index contributed by atoms with van der Waals surface area (Å²) in [6.07, 6.45) is 5.83. The minimum atomic E-state index is -0.0704. The van der Waals surface area contributed by atoms with Gasteiger partial charge in [-0.15, -0.1) is 0 Å². The normalized spacial score (nSPS) is 29.0. The summed E-state index contributed by atoms with van der Waals surface area (Å²) < 4.78 is 0. The number of anilines is 1. The van der Waals surface area contributed by atoms with Crippen molar-refractivity contribution in [3.8, 4) is 0 Å². The van der Waals surface area contributed by atoms with E-state index in [0.29, 0.717) is 5.92 Å². The summed E-state index contributed by atoms with van der Waals surface area (Å²) in [5.41, 5.74) is 4.02. The van der Waals surface area contributed by atoms with Crippen molar-refractivity contribution in [3.63, 3.8) is 0 Å². The van der Waals surface area contributed by atoms with Gasteiger partial charge in [0.25, 0.3) is 0 Å². The van der Waals surface area contributed by atoms with Gasteiger partial charge in [0.1, 0.15) is 0 Å². The second-order valence-corrected chi connectivity index (χ2v) is 6.62. The average Bonchev–Trinajstić information content (AvgIpc) is 2.94. The summed E-state index contributed by atoms with van der Waals surface area (Å²) in [4.78, 5) is 0. The Hall–Kier alpha value is -1.06. The van der Waals surface area contributed by atoms with Gasteiger partial charge in [0.05, 0.1) is 6.61 Å². The van der Waals surface area contributed by atoms with Crippen LogP contribution in [0, 0.1) is 5.92 Å². The van der Waals surface area contributed by atoms with E-state index in [-0.39, 0.29) is 12.1 Å². The van der Waals surface area contributed by atoms with Crippen LogP contribution in [0.3, 0.4) is 0 Å². The molecule has 2 unspecified atom stereocenters. The second kappa shape index (κ2) is 5.74. The van der Waals surface area contributed by atoms with Crippen LogP contribution < -0.4 is 10.6 Å². The van der Waals surface area contributed by atoms with E-state index in [1.807, 2.05) is 0 Å². The maximum atomic E-state index is 9.85. The largest absolute Gasteiger partial charge is 0.394 e. The summed E-state index contributed by atoms with van der Waals surface area (Å²) in [5.74, 6) is 0.711. The van der Waals surface area contributed by atoms with Crippen LogP contribution in [-0.2, 0) is 13.0 Å². The lowest BCUT2D eigenvalue weighted by Gasteiger charge is -2.39. The Kier molecular flexibility index (Phi) is 3.99. The lowest BCUT2D eigenvalue weighted by Crippen LogP contribution is -2.51. The van der Waals surface area contributed by atoms with Gasteiger partial charge in [0.2, 0.25) is 0 Å². The molecule has 3 rings (SSSR count). The fourth-order valence-electron chi connectivity index (χ4n) is 3.86. The quantitative estimate of drug-likeness (QED) is 0.791. The molecule has 0 saturated heterocycles. The van der Waals surface area contributed by atoms with E-state index >= 15 is 0 Å². The summed E-state index contributed by atoms with van der Waals surface area (Å²) in [6.45, 7) is 4.45. The third-order valence-corrected chi connectivity index (χ3v) is 4.98. The molecular formula is C17H26N2O. The van der Waals surface area contributed by atoms with Crippen LogP contribution in [0.4, 0.5) is 5.69 Å². The smallest absolute Gasteiger partial charge is 0.0613 e. The van der Waals surface area contributed by atoms with E-state index in [9.17, 15) is 5.11 Å². The molecule has 0 spiro atoms. The van der Waals surface area contributed by atoms with Crippen LogP contribution >= 0.6 is 0 Å². The van der Waals surface area contributed by atoms with Gasteiger partial charge in [0, 0.05) is 24.3 Å². The van der Waals surface area contributed by atoms with Crippen LogP contribution in [0.5, 0.6) is 0 Å². The first kappa shape index (κ1) is 13.9. The number of para-hydroxylation sites is 1. The predicted octanol–water partition coefficient (Wildman–Crippen LogP) is 2.69. The molecule has 110 valence electrons. The van der Waals surface area contributed by atoms with Gasteiger partial charge in [-0.3, -0.25) is 0 Å². The molecule has 20 heavy (non-hydrogen) atoms. The number of rotatable bonds is 4. The van der Waals surface area contributed by atoms with Crippen molar-refractivity contribution in [1.82, 2.24) is 5.32 Å². The predicted molar refractivity (Wildman–Crippen MR) is 82.9 cm³/mol. The highest BCUT2D eigenvalue weighted by atomic mass is 16.3. The maximum Gasteiger partial charge on any atom is 0.0613 e. The Morgan fingerprint density at radius 3 is 3.15 bits per heavy atom. The van der Waals surface area contributed by atoms with E-state index in [4.69, 9.17) is 0 Å². The Labute approximate surface area is 121 Å². The topological polar surface area (TPSA) is 44.3 Å². The number of aliphatic hydroxyl groups excluding tert-OH is 1. The van der Waals surface area contributed by atoms with Gasteiger partial charge in [0.15, 0.2) is 0 Å². The Morgan fingerprint density at radius 2 is 2.35 bits per heavy atom. The lowest BCUT2D eigenvalue weighted by atomic mass is 9.76. The standard InChI is InChI=1S/C17H26N2O/c1-13-4-3-8-17(10-13,12-20)19-11-15-6-2-5-14-7-9-18-16(14)15/h2,5-6,13,18-20H,3-4,7-12H2,1H3. The molecule has 0 aromatic heterocycles. The third-order valence-electron chi connectivity index (χ3n) is 4.98. The molecule has 0 amide bonds. The minimum Gasteiger partial charge on any atom is -0.394 e. The van der Waals surface area contributed by atoms with Crippen LogP contribution in [0.2, 0.25) is 0 Å². The Morgan fingerprint density at radius 1 is 1.45 bits per heavy atom. The third kappa shape index (κ3) is 2.70. The highest BCUT2D eigenvalue weighted by molar-refractivity contribution is 5.61. The summed E-state index contributed by atoms with van der Waals surface area (Å²) in [7, 11) is 0. The maximum absolute atomic E-state index is 9.85. The molecule has 1 aromatic carbocycles. The molecule has 1 aliphatic carbocycles. The SMILES string of the molecule is CC1CCCC(CO)(NCc2cccc3c2NCC3)C1. The molecular weight excluding hydrogens is 248 g/mol. The van der Waals surface area contributed by atoms with Crippen LogP contribution in [0.15, 0.2) is 18.2 Å². The molecule has 1 heterocycles.